The Morgan fingerprint density at radius 3 is 2.13 bits per heavy atom. The van der Waals surface area contributed by atoms with Gasteiger partial charge in [0.15, 0.2) is 0 Å². The summed E-state index contributed by atoms with van der Waals surface area (Å²) in [6.07, 6.45) is 0.525. The van der Waals surface area contributed by atoms with Gasteiger partial charge in [0, 0.05) is 12.5 Å². The quantitative estimate of drug-likeness (QED) is 0.530. The van der Waals surface area contributed by atoms with Gasteiger partial charge >= 0.3 is 0 Å². The minimum atomic E-state index is -1.11. The lowest BCUT2D eigenvalue weighted by Gasteiger charge is -2.40. The molecule has 0 aliphatic heterocycles. The number of hydrogen-bond donors (Lipinski definition) is 4. The maximum absolute atomic E-state index is 9.76. The molecule has 90 valence electrons. The maximum Gasteiger partial charge on any atom is 0.106 e. The zero-order valence-electron chi connectivity index (χ0n) is 9.21. The molecule has 0 amide bonds. The molecule has 0 bridgehead atoms. The van der Waals surface area contributed by atoms with Crippen LogP contribution in [0.15, 0.2) is 0 Å². The highest BCUT2D eigenvalue weighted by Crippen LogP contribution is 2.32. The fourth-order valence-corrected chi connectivity index (χ4v) is 2.36. The molecule has 0 heterocycles. The van der Waals surface area contributed by atoms with E-state index in [-0.39, 0.29) is 18.4 Å². The lowest BCUT2D eigenvalue weighted by Crippen LogP contribution is -2.51. The molecule has 0 radical (unpaired) electrons. The van der Waals surface area contributed by atoms with Crippen molar-refractivity contribution < 1.29 is 20.4 Å². The van der Waals surface area contributed by atoms with E-state index in [0.717, 1.165) is 19.3 Å². The standard InChI is InChI=1S/C11H22O4/c1-2-3-4-7-5-8(6-12)10(14)11(15)9(7)13/h7-15H,2-6H2,1H3/t7-,8-,9-,10+,11+/m0/s1. The van der Waals surface area contributed by atoms with Crippen LogP contribution < -0.4 is 0 Å². The van der Waals surface area contributed by atoms with Crippen molar-refractivity contribution in [3.8, 4) is 0 Å². The molecule has 0 unspecified atom stereocenters. The van der Waals surface area contributed by atoms with Gasteiger partial charge in [0.25, 0.3) is 0 Å². The average molecular weight is 218 g/mol. The molecular formula is C11H22O4. The monoisotopic (exact) mass is 218 g/mol. The third-order valence-corrected chi connectivity index (χ3v) is 3.43. The fraction of sp³-hybridized carbons (Fsp3) is 1.00. The van der Waals surface area contributed by atoms with Gasteiger partial charge in [-0.2, -0.15) is 0 Å². The van der Waals surface area contributed by atoms with Crippen LogP contribution in [0.4, 0.5) is 0 Å². The van der Waals surface area contributed by atoms with Gasteiger partial charge in [0.2, 0.25) is 0 Å². The molecule has 0 spiro atoms. The van der Waals surface area contributed by atoms with Crippen molar-refractivity contribution in [1.29, 1.82) is 0 Å². The lowest BCUT2D eigenvalue weighted by atomic mass is 9.74. The van der Waals surface area contributed by atoms with Gasteiger partial charge in [-0.15, -0.1) is 0 Å². The van der Waals surface area contributed by atoms with E-state index in [0.29, 0.717) is 6.42 Å². The van der Waals surface area contributed by atoms with Crippen LogP contribution in [-0.4, -0.2) is 45.3 Å². The molecule has 0 aromatic carbocycles. The third kappa shape index (κ3) is 2.91. The van der Waals surface area contributed by atoms with Crippen molar-refractivity contribution in [3.05, 3.63) is 0 Å². The molecule has 5 atom stereocenters. The molecular weight excluding hydrogens is 196 g/mol. The zero-order chi connectivity index (χ0) is 11.4. The van der Waals surface area contributed by atoms with Crippen LogP contribution in [0.1, 0.15) is 32.6 Å². The Morgan fingerprint density at radius 1 is 1.00 bits per heavy atom. The number of aliphatic hydroxyl groups excluding tert-OH is 4. The van der Waals surface area contributed by atoms with Gasteiger partial charge in [-0.05, 0) is 18.8 Å². The van der Waals surface area contributed by atoms with Crippen LogP contribution in [0.3, 0.4) is 0 Å². The van der Waals surface area contributed by atoms with Crippen molar-refractivity contribution in [3.63, 3.8) is 0 Å². The van der Waals surface area contributed by atoms with Gasteiger partial charge in [-0.25, -0.2) is 0 Å². The van der Waals surface area contributed by atoms with E-state index >= 15 is 0 Å². The van der Waals surface area contributed by atoms with Gasteiger partial charge in [-0.1, -0.05) is 19.8 Å². The Morgan fingerprint density at radius 2 is 1.60 bits per heavy atom. The third-order valence-electron chi connectivity index (χ3n) is 3.43. The second kappa shape index (κ2) is 5.80. The minimum absolute atomic E-state index is 0.000463. The largest absolute Gasteiger partial charge is 0.396 e. The first-order valence-corrected chi connectivity index (χ1v) is 5.76. The SMILES string of the molecule is CCCC[C@H]1C[C@@H](CO)[C@@H](O)[C@H](O)[C@H]1O. The van der Waals surface area contributed by atoms with Gasteiger partial charge in [-0.3, -0.25) is 0 Å². The molecule has 15 heavy (non-hydrogen) atoms. The summed E-state index contributed by atoms with van der Waals surface area (Å²) >= 11 is 0. The second-order valence-electron chi connectivity index (χ2n) is 4.55. The van der Waals surface area contributed by atoms with Gasteiger partial charge in [0.1, 0.15) is 6.10 Å². The van der Waals surface area contributed by atoms with Crippen LogP contribution >= 0.6 is 0 Å². The lowest BCUT2D eigenvalue weighted by molar-refractivity contribution is -0.143. The smallest absolute Gasteiger partial charge is 0.106 e. The molecule has 4 N–H and O–H groups in total. The van der Waals surface area contributed by atoms with Crippen LogP contribution in [0.5, 0.6) is 0 Å². The maximum atomic E-state index is 9.76. The summed E-state index contributed by atoms with van der Waals surface area (Å²) in [5, 5.41) is 38.0. The van der Waals surface area contributed by atoms with Crippen molar-refractivity contribution in [2.75, 3.05) is 6.61 Å². The molecule has 0 aromatic heterocycles. The van der Waals surface area contributed by atoms with Crippen molar-refractivity contribution in [2.24, 2.45) is 11.8 Å². The van der Waals surface area contributed by atoms with E-state index in [2.05, 4.69) is 6.92 Å². The highest BCUT2D eigenvalue weighted by molar-refractivity contribution is 4.91. The van der Waals surface area contributed by atoms with Crippen LogP contribution in [-0.2, 0) is 0 Å². The summed E-state index contributed by atoms with van der Waals surface area (Å²) in [6, 6.07) is 0. The fourth-order valence-electron chi connectivity index (χ4n) is 2.36. The Labute approximate surface area is 90.6 Å². The molecule has 1 aliphatic carbocycles. The van der Waals surface area contributed by atoms with E-state index in [4.69, 9.17) is 5.11 Å². The zero-order valence-corrected chi connectivity index (χ0v) is 9.21. The molecule has 0 aromatic rings. The molecule has 4 heteroatoms. The summed E-state index contributed by atoms with van der Waals surface area (Å²) in [5.41, 5.74) is 0. The predicted octanol–water partition coefficient (Wildman–Crippen LogP) is -0.112. The first-order chi connectivity index (χ1) is 7.11. The van der Waals surface area contributed by atoms with E-state index < -0.39 is 18.3 Å². The Hall–Kier alpha value is -0.160. The van der Waals surface area contributed by atoms with Crippen LogP contribution in [0.2, 0.25) is 0 Å². The predicted molar refractivity (Wildman–Crippen MR) is 56.2 cm³/mol. The molecule has 1 rings (SSSR count). The Kier molecular flexibility index (Phi) is 4.99. The minimum Gasteiger partial charge on any atom is -0.396 e. The molecule has 4 nitrogen and oxygen atoms in total. The van der Waals surface area contributed by atoms with Gasteiger partial charge < -0.3 is 20.4 Å². The molecule has 1 aliphatic rings. The number of rotatable bonds is 4. The number of unbranched alkanes of at least 4 members (excludes halogenated alkanes) is 1. The first kappa shape index (κ1) is 12.9. The normalized spacial score (nSPS) is 41.8. The van der Waals surface area contributed by atoms with E-state index in [1.165, 1.54) is 0 Å². The van der Waals surface area contributed by atoms with Gasteiger partial charge in [0.05, 0.1) is 12.2 Å². The topological polar surface area (TPSA) is 80.9 Å². The molecule has 0 saturated heterocycles. The Balaban J connectivity index is 2.57. The summed E-state index contributed by atoms with van der Waals surface area (Å²) in [6.45, 7) is 1.94. The number of aliphatic hydroxyl groups is 4. The van der Waals surface area contributed by atoms with Crippen molar-refractivity contribution in [1.82, 2.24) is 0 Å². The van der Waals surface area contributed by atoms with E-state index in [1.54, 1.807) is 0 Å². The molecule has 1 fully saturated rings. The van der Waals surface area contributed by atoms with E-state index in [1.807, 2.05) is 0 Å². The Bertz CT molecular complexity index is 183. The van der Waals surface area contributed by atoms with Crippen LogP contribution in [0.25, 0.3) is 0 Å². The van der Waals surface area contributed by atoms with Crippen molar-refractivity contribution in [2.45, 2.75) is 50.9 Å². The summed E-state index contributed by atoms with van der Waals surface area (Å²) < 4.78 is 0. The summed E-state index contributed by atoms with van der Waals surface area (Å²) in [7, 11) is 0. The highest BCUT2D eigenvalue weighted by Gasteiger charge is 2.41. The summed E-state index contributed by atoms with van der Waals surface area (Å²) in [4.78, 5) is 0. The number of hydrogen-bond acceptors (Lipinski definition) is 4. The summed E-state index contributed by atoms with van der Waals surface area (Å²) in [5.74, 6) is -0.300. The second-order valence-corrected chi connectivity index (χ2v) is 4.55. The van der Waals surface area contributed by atoms with Crippen molar-refractivity contribution >= 4 is 0 Å². The van der Waals surface area contributed by atoms with Crippen LogP contribution in [0, 0.1) is 11.8 Å². The first-order valence-electron chi connectivity index (χ1n) is 5.76. The highest BCUT2D eigenvalue weighted by atomic mass is 16.4. The molecule has 1 saturated carbocycles. The average Bonchev–Trinajstić information content (AvgIpc) is 2.25. The van der Waals surface area contributed by atoms with E-state index in [9.17, 15) is 15.3 Å².